The van der Waals surface area contributed by atoms with Gasteiger partial charge in [-0.3, -0.25) is 9.55 Å². The standard InChI is InChI=1S/C27H31N3O5Si/c1-25(2,3)36(6,7)33-14-12-27-19-18(26(4,35-27)21-22(27)34-21)23(31)30(24(19)32)17-11-10-16(28-5)20-15(17)9-8-13-29-20/h8-11,13,21-22,31-32H,12,14H2,1-4,6-7H3/t21-,22+,26?,27?/m1/s1. The number of benzene rings is 1. The van der Waals surface area contributed by atoms with Crippen LogP contribution in [0.2, 0.25) is 18.1 Å². The summed E-state index contributed by atoms with van der Waals surface area (Å²) < 4.78 is 20.6. The zero-order valence-corrected chi connectivity index (χ0v) is 22.4. The number of pyridine rings is 1. The van der Waals surface area contributed by atoms with Crippen molar-refractivity contribution in [1.29, 1.82) is 0 Å². The van der Waals surface area contributed by atoms with E-state index in [4.69, 9.17) is 20.5 Å². The largest absolute Gasteiger partial charge is 0.494 e. The Morgan fingerprint density at radius 1 is 1.17 bits per heavy atom. The predicted octanol–water partition coefficient (Wildman–Crippen LogP) is 5.62. The number of rotatable bonds is 5. The Morgan fingerprint density at radius 2 is 1.89 bits per heavy atom. The number of fused-ring (bicyclic) bond motifs is 9. The third-order valence-electron chi connectivity index (χ3n) is 8.76. The molecule has 2 saturated heterocycles. The average Bonchev–Trinajstić information content (AvgIpc) is 3.48. The third kappa shape index (κ3) is 2.81. The Balaban J connectivity index is 1.47. The van der Waals surface area contributed by atoms with E-state index in [1.807, 2.05) is 13.0 Å². The molecule has 0 aliphatic carbocycles. The highest BCUT2D eigenvalue weighted by atomic mass is 28.4. The summed E-state index contributed by atoms with van der Waals surface area (Å²) in [6.45, 7) is 20.9. The van der Waals surface area contributed by atoms with Crippen molar-refractivity contribution in [3.8, 4) is 17.4 Å². The second-order valence-electron chi connectivity index (χ2n) is 11.8. The van der Waals surface area contributed by atoms with Gasteiger partial charge < -0.3 is 24.1 Å². The monoisotopic (exact) mass is 505 g/mol. The molecular formula is C27H31N3O5Si. The summed E-state index contributed by atoms with van der Waals surface area (Å²) in [5.74, 6) is -0.153. The topological polar surface area (TPSA) is 93.6 Å². The van der Waals surface area contributed by atoms with Gasteiger partial charge in [0.05, 0.1) is 28.9 Å². The molecule has 2 aromatic heterocycles. The summed E-state index contributed by atoms with van der Waals surface area (Å²) in [6.07, 6.45) is 1.77. The van der Waals surface area contributed by atoms with Crippen LogP contribution in [0.3, 0.4) is 0 Å². The molecule has 2 fully saturated rings. The van der Waals surface area contributed by atoms with Gasteiger partial charge >= 0.3 is 0 Å². The van der Waals surface area contributed by atoms with Gasteiger partial charge in [-0.15, -0.1) is 0 Å². The van der Waals surface area contributed by atoms with Crippen LogP contribution in [0.15, 0.2) is 30.5 Å². The Kier molecular flexibility index (Phi) is 4.64. The van der Waals surface area contributed by atoms with Gasteiger partial charge in [-0.2, -0.15) is 0 Å². The molecular weight excluding hydrogens is 474 g/mol. The van der Waals surface area contributed by atoms with Crippen molar-refractivity contribution >= 4 is 24.9 Å². The smallest absolute Gasteiger partial charge is 0.213 e. The van der Waals surface area contributed by atoms with Crippen molar-refractivity contribution in [2.24, 2.45) is 0 Å². The Hall–Kier alpha value is -2.90. The fraction of sp³-hybridized carbons (Fsp3) is 0.481. The predicted molar refractivity (Wildman–Crippen MR) is 137 cm³/mol. The van der Waals surface area contributed by atoms with Crippen LogP contribution in [0, 0.1) is 6.57 Å². The molecule has 3 aliphatic heterocycles. The van der Waals surface area contributed by atoms with Crippen LogP contribution in [-0.2, 0) is 25.1 Å². The maximum atomic E-state index is 11.7. The van der Waals surface area contributed by atoms with Gasteiger partial charge in [0, 0.05) is 24.6 Å². The first kappa shape index (κ1) is 23.5. The minimum Gasteiger partial charge on any atom is -0.494 e. The number of nitrogens with zero attached hydrogens (tertiary/aromatic N) is 3. The SMILES string of the molecule is [C-]#[N+]c1ccc(-n2c(O)c3c(c2O)C2(CCO[Si](C)(C)C(C)(C)C)OC3(C)[C@@H]3O[C@@H]32)c2cccnc12. The van der Waals surface area contributed by atoms with E-state index in [9.17, 15) is 10.2 Å². The van der Waals surface area contributed by atoms with E-state index < -0.39 is 19.5 Å². The van der Waals surface area contributed by atoms with Crippen LogP contribution in [0.4, 0.5) is 5.69 Å². The van der Waals surface area contributed by atoms with E-state index in [-0.39, 0.29) is 29.0 Å². The molecule has 4 atom stereocenters. The Bertz CT molecular complexity index is 1470. The molecule has 0 saturated carbocycles. The van der Waals surface area contributed by atoms with Gasteiger partial charge in [-0.05, 0) is 37.2 Å². The van der Waals surface area contributed by atoms with E-state index in [0.29, 0.717) is 46.4 Å². The zero-order valence-electron chi connectivity index (χ0n) is 21.4. The van der Waals surface area contributed by atoms with Crippen LogP contribution in [0.5, 0.6) is 11.8 Å². The van der Waals surface area contributed by atoms with Gasteiger partial charge in [-0.25, -0.2) is 4.85 Å². The summed E-state index contributed by atoms with van der Waals surface area (Å²) in [5.41, 5.74) is 0.871. The summed E-state index contributed by atoms with van der Waals surface area (Å²) in [5, 5.41) is 23.9. The second-order valence-corrected chi connectivity index (χ2v) is 16.6. The van der Waals surface area contributed by atoms with Crippen molar-refractivity contribution in [3.05, 3.63) is 53.0 Å². The highest BCUT2D eigenvalue weighted by molar-refractivity contribution is 6.74. The number of aromatic nitrogens is 2. The molecule has 0 radical (unpaired) electrons. The number of aromatic hydroxyl groups is 2. The fourth-order valence-electron chi connectivity index (χ4n) is 5.83. The summed E-state index contributed by atoms with van der Waals surface area (Å²) >= 11 is 0. The normalized spacial score (nSPS) is 28.2. The lowest BCUT2D eigenvalue weighted by Gasteiger charge is -2.37. The molecule has 0 amide bonds. The second kappa shape index (κ2) is 7.10. The van der Waals surface area contributed by atoms with E-state index in [0.717, 1.165) is 0 Å². The summed E-state index contributed by atoms with van der Waals surface area (Å²) in [7, 11) is -1.98. The summed E-state index contributed by atoms with van der Waals surface area (Å²) in [4.78, 5) is 7.96. The van der Waals surface area contributed by atoms with Crippen molar-refractivity contribution in [2.45, 2.75) is 75.7 Å². The van der Waals surface area contributed by atoms with E-state index in [2.05, 4.69) is 43.7 Å². The first-order valence-corrected chi connectivity index (χ1v) is 15.2. The molecule has 3 aromatic rings. The minimum atomic E-state index is -1.98. The third-order valence-corrected chi connectivity index (χ3v) is 13.3. The lowest BCUT2D eigenvalue weighted by Crippen LogP contribution is -2.42. The number of epoxide rings is 1. The molecule has 36 heavy (non-hydrogen) atoms. The maximum Gasteiger partial charge on any atom is 0.213 e. The quantitative estimate of drug-likeness (QED) is 0.266. The Morgan fingerprint density at radius 3 is 2.58 bits per heavy atom. The molecule has 3 aliphatic rings. The number of hydrogen-bond donors (Lipinski definition) is 2. The van der Waals surface area contributed by atoms with Crippen LogP contribution >= 0.6 is 0 Å². The molecule has 5 heterocycles. The van der Waals surface area contributed by atoms with Crippen LogP contribution in [-0.4, -0.2) is 46.9 Å². The fourth-order valence-corrected chi connectivity index (χ4v) is 6.88. The molecule has 1 aromatic carbocycles. The van der Waals surface area contributed by atoms with Gasteiger partial charge in [0.25, 0.3) is 0 Å². The molecule has 8 nitrogen and oxygen atoms in total. The van der Waals surface area contributed by atoms with Crippen LogP contribution < -0.4 is 0 Å². The zero-order chi connectivity index (χ0) is 25.8. The number of ether oxygens (including phenoxy) is 2. The van der Waals surface area contributed by atoms with Crippen molar-refractivity contribution in [1.82, 2.24) is 9.55 Å². The molecule has 9 heteroatoms. The first-order chi connectivity index (χ1) is 16.9. The average molecular weight is 506 g/mol. The maximum absolute atomic E-state index is 11.7. The highest BCUT2D eigenvalue weighted by Gasteiger charge is 2.79. The van der Waals surface area contributed by atoms with Crippen molar-refractivity contribution < 1.29 is 24.1 Å². The number of hydrogen-bond acceptors (Lipinski definition) is 6. The molecule has 6 rings (SSSR count). The first-order valence-electron chi connectivity index (χ1n) is 12.3. The van der Waals surface area contributed by atoms with Gasteiger partial charge in [0.1, 0.15) is 23.4 Å². The van der Waals surface area contributed by atoms with Crippen molar-refractivity contribution in [3.63, 3.8) is 0 Å². The van der Waals surface area contributed by atoms with E-state index in [1.54, 1.807) is 24.4 Å². The van der Waals surface area contributed by atoms with Gasteiger partial charge in [0.15, 0.2) is 8.32 Å². The lowest BCUT2D eigenvalue weighted by atomic mass is 9.78. The van der Waals surface area contributed by atoms with Crippen LogP contribution in [0.25, 0.3) is 21.4 Å². The van der Waals surface area contributed by atoms with Gasteiger partial charge in [-0.1, -0.05) is 32.9 Å². The van der Waals surface area contributed by atoms with Gasteiger partial charge in [0.2, 0.25) is 17.4 Å². The van der Waals surface area contributed by atoms with E-state index in [1.165, 1.54) is 4.57 Å². The van der Waals surface area contributed by atoms with Crippen LogP contribution in [0.1, 0.15) is 45.2 Å². The molecule has 2 N–H and O–H groups in total. The van der Waals surface area contributed by atoms with E-state index >= 15 is 0 Å². The molecule has 2 unspecified atom stereocenters. The lowest BCUT2D eigenvalue weighted by molar-refractivity contribution is -0.148. The highest BCUT2D eigenvalue weighted by Crippen LogP contribution is 2.72. The molecule has 0 spiro atoms. The minimum absolute atomic E-state index is 0.0749. The molecule has 188 valence electrons. The molecule has 2 bridgehead atoms. The van der Waals surface area contributed by atoms with Crippen molar-refractivity contribution in [2.75, 3.05) is 6.61 Å². The Labute approximate surface area is 211 Å². The summed E-state index contributed by atoms with van der Waals surface area (Å²) in [6, 6.07) is 7.02.